The Morgan fingerprint density at radius 2 is 2.10 bits per heavy atom. The fourth-order valence-electron chi connectivity index (χ4n) is 1.11. The maximum atomic E-state index is 10.5. The van der Waals surface area contributed by atoms with Gasteiger partial charge < -0.3 is 5.73 Å². The zero-order chi connectivity index (χ0) is 7.45. The lowest BCUT2D eigenvalue weighted by atomic mass is 9.84. The Balaban J connectivity index is 2.52. The summed E-state index contributed by atoms with van der Waals surface area (Å²) in [5, 5.41) is 0. The van der Waals surface area contributed by atoms with Crippen molar-refractivity contribution in [3.05, 3.63) is 0 Å². The molecule has 1 aliphatic heterocycles. The van der Waals surface area contributed by atoms with Gasteiger partial charge in [-0.15, -0.1) is 0 Å². The third kappa shape index (κ3) is 1.52. The molecule has 2 nitrogen and oxygen atoms in total. The summed E-state index contributed by atoms with van der Waals surface area (Å²) in [6.07, 6.45) is 3.91. The van der Waals surface area contributed by atoms with Crippen molar-refractivity contribution in [3.8, 4) is 0 Å². The lowest BCUT2D eigenvalue weighted by Crippen LogP contribution is -2.35. The van der Waals surface area contributed by atoms with Crippen molar-refractivity contribution in [2.24, 2.45) is 11.1 Å². The highest BCUT2D eigenvalue weighted by Gasteiger charge is 2.31. The van der Waals surface area contributed by atoms with Crippen molar-refractivity contribution in [3.63, 3.8) is 0 Å². The van der Waals surface area contributed by atoms with Crippen LogP contribution in [0, 0.1) is 5.41 Å². The molecule has 0 bridgehead atoms. The van der Waals surface area contributed by atoms with Crippen LogP contribution >= 0.6 is 11.8 Å². The van der Waals surface area contributed by atoms with Gasteiger partial charge in [0.1, 0.15) is 0 Å². The van der Waals surface area contributed by atoms with Gasteiger partial charge >= 0.3 is 0 Å². The topological polar surface area (TPSA) is 43.1 Å². The predicted octanol–water partition coefficient (Wildman–Crippen LogP) is 0.568. The summed E-state index contributed by atoms with van der Waals surface area (Å²) in [4.78, 5) is 10.5. The van der Waals surface area contributed by atoms with Gasteiger partial charge in [-0.1, -0.05) is 0 Å². The lowest BCUT2D eigenvalue weighted by molar-refractivity contribution is 0.368. The third-order valence-corrected chi connectivity index (χ3v) is 3.04. The molecule has 3 heteroatoms. The fraction of sp³-hybridized carbons (Fsp3) is 0.857. The highest BCUT2D eigenvalue weighted by atomic mass is 32.2. The molecule has 0 spiro atoms. The first-order valence-corrected chi connectivity index (χ1v) is 4.66. The van der Waals surface area contributed by atoms with Gasteiger partial charge in [-0.2, -0.15) is 11.8 Å². The summed E-state index contributed by atoms with van der Waals surface area (Å²) < 4.78 is 0. The van der Waals surface area contributed by atoms with E-state index < -0.39 is 0 Å². The Labute approximate surface area is 65.5 Å². The summed E-state index contributed by atoms with van der Waals surface area (Å²) in [6, 6.07) is 0. The average Bonchev–Trinajstić information content (AvgIpc) is 2.06. The second kappa shape index (κ2) is 3.39. The normalized spacial score (nSPS) is 24.1. The molecular weight excluding hydrogens is 146 g/mol. The van der Waals surface area contributed by atoms with Crippen LogP contribution < -0.4 is 5.73 Å². The van der Waals surface area contributed by atoms with Crippen LogP contribution in [0.4, 0.5) is 0 Å². The van der Waals surface area contributed by atoms with E-state index in [1.165, 1.54) is 0 Å². The van der Waals surface area contributed by atoms with E-state index in [-0.39, 0.29) is 5.41 Å². The van der Waals surface area contributed by atoms with Crippen LogP contribution in [0.1, 0.15) is 12.8 Å². The fourth-order valence-corrected chi connectivity index (χ4v) is 2.38. The number of rotatable bonds is 2. The van der Waals surface area contributed by atoms with Gasteiger partial charge in [0.25, 0.3) is 0 Å². The molecule has 10 heavy (non-hydrogen) atoms. The van der Waals surface area contributed by atoms with Gasteiger partial charge in [0.15, 0.2) is 0 Å². The second-order valence-electron chi connectivity index (χ2n) is 2.70. The standard InChI is InChI=1S/C7H12NOS/c8-5-7(6-9)1-3-10-4-2-7/h1-5,8H2. The molecule has 0 unspecified atom stereocenters. The summed E-state index contributed by atoms with van der Waals surface area (Å²) in [5.74, 6) is 2.12. The quantitative estimate of drug-likeness (QED) is 0.639. The zero-order valence-electron chi connectivity index (χ0n) is 5.93. The van der Waals surface area contributed by atoms with E-state index in [1.54, 1.807) is 0 Å². The first-order chi connectivity index (χ1) is 4.83. The van der Waals surface area contributed by atoms with Crippen molar-refractivity contribution in [2.75, 3.05) is 18.1 Å². The van der Waals surface area contributed by atoms with Crippen LogP contribution in [-0.2, 0) is 4.79 Å². The van der Waals surface area contributed by atoms with Gasteiger partial charge in [-0.3, -0.25) is 4.79 Å². The Kier molecular flexibility index (Phi) is 2.74. The van der Waals surface area contributed by atoms with E-state index in [2.05, 4.69) is 6.29 Å². The van der Waals surface area contributed by atoms with Crippen LogP contribution in [0.15, 0.2) is 0 Å². The second-order valence-corrected chi connectivity index (χ2v) is 3.92. The Hall–Kier alpha value is -0.0200. The minimum Gasteiger partial charge on any atom is -0.329 e. The number of nitrogens with two attached hydrogens (primary N) is 1. The Morgan fingerprint density at radius 1 is 1.50 bits per heavy atom. The highest BCUT2D eigenvalue weighted by molar-refractivity contribution is 7.99. The first-order valence-electron chi connectivity index (χ1n) is 3.50. The lowest BCUT2D eigenvalue weighted by Gasteiger charge is -2.28. The molecule has 0 aromatic rings. The number of carbonyl (C=O) groups excluding carboxylic acids is 1. The molecule has 1 saturated heterocycles. The molecule has 0 aliphatic carbocycles. The van der Waals surface area contributed by atoms with Crippen LogP contribution in [0.25, 0.3) is 0 Å². The van der Waals surface area contributed by atoms with Crippen LogP contribution in [0.3, 0.4) is 0 Å². The average molecular weight is 158 g/mol. The van der Waals surface area contributed by atoms with Gasteiger partial charge in [0.05, 0.1) is 5.41 Å². The number of hydrogen-bond acceptors (Lipinski definition) is 3. The molecule has 0 aromatic carbocycles. The van der Waals surface area contributed by atoms with Crippen LogP contribution in [0.5, 0.6) is 0 Å². The van der Waals surface area contributed by atoms with Gasteiger partial charge in [-0.25, -0.2) is 0 Å². The largest absolute Gasteiger partial charge is 0.329 e. The summed E-state index contributed by atoms with van der Waals surface area (Å²) >= 11 is 1.89. The van der Waals surface area contributed by atoms with E-state index in [1.807, 2.05) is 11.8 Å². The van der Waals surface area contributed by atoms with Gasteiger partial charge in [0.2, 0.25) is 6.29 Å². The Morgan fingerprint density at radius 3 is 2.40 bits per heavy atom. The van der Waals surface area contributed by atoms with Crippen molar-refractivity contribution in [1.82, 2.24) is 0 Å². The van der Waals surface area contributed by atoms with Gasteiger partial charge in [-0.05, 0) is 24.3 Å². The molecule has 1 rings (SSSR count). The maximum absolute atomic E-state index is 10.5. The van der Waals surface area contributed by atoms with Crippen LogP contribution in [-0.4, -0.2) is 24.3 Å². The molecular formula is C7H12NOS. The molecule has 1 aliphatic rings. The summed E-state index contributed by atoms with van der Waals surface area (Å²) in [6.45, 7) is 0.469. The number of hydrogen-bond donors (Lipinski definition) is 1. The van der Waals surface area contributed by atoms with Crippen molar-refractivity contribution in [1.29, 1.82) is 0 Å². The smallest absolute Gasteiger partial charge is 0.206 e. The monoisotopic (exact) mass is 158 g/mol. The van der Waals surface area contributed by atoms with Gasteiger partial charge in [0, 0.05) is 6.54 Å². The minimum absolute atomic E-state index is 0.286. The molecule has 1 fully saturated rings. The van der Waals surface area contributed by atoms with E-state index in [0.717, 1.165) is 24.3 Å². The number of thioether (sulfide) groups is 1. The Bertz CT molecular complexity index is 121. The first kappa shape index (κ1) is 8.08. The molecule has 57 valence electrons. The molecule has 1 heterocycles. The van der Waals surface area contributed by atoms with E-state index in [9.17, 15) is 4.79 Å². The molecule has 0 aromatic heterocycles. The molecule has 0 saturated carbocycles. The van der Waals surface area contributed by atoms with E-state index in [4.69, 9.17) is 5.73 Å². The SMILES string of the molecule is NCC1([C]=O)CCSCC1. The highest BCUT2D eigenvalue weighted by Crippen LogP contribution is 2.31. The maximum Gasteiger partial charge on any atom is 0.206 e. The molecule has 2 N–H and O–H groups in total. The predicted molar refractivity (Wildman–Crippen MR) is 43.7 cm³/mol. The molecule has 0 atom stereocenters. The minimum atomic E-state index is -0.286. The summed E-state index contributed by atoms with van der Waals surface area (Å²) in [7, 11) is 0. The van der Waals surface area contributed by atoms with E-state index >= 15 is 0 Å². The summed E-state index contributed by atoms with van der Waals surface area (Å²) in [5.41, 5.74) is 5.19. The molecule has 0 amide bonds. The van der Waals surface area contributed by atoms with Crippen molar-refractivity contribution in [2.45, 2.75) is 12.8 Å². The zero-order valence-corrected chi connectivity index (χ0v) is 6.75. The van der Waals surface area contributed by atoms with Crippen LogP contribution in [0.2, 0.25) is 0 Å². The molecule has 1 radical (unpaired) electrons. The van der Waals surface area contributed by atoms with E-state index in [0.29, 0.717) is 6.54 Å². The van der Waals surface area contributed by atoms with Crippen molar-refractivity contribution >= 4 is 18.0 Å². The third-order valence-electron chi connectivity index (χ3n) is 2.06. The van der Waals surface area contributed by atoms with Crippen molar-refractivity contribution < 1.29 is 4.79 Å².